The zero-order valence-electron chi connectivity index (χ0n) is 21.4. The van der Waals surface area contributed by atoms with Gasteiger partial charge in [0, 0.05) is 16.2 Å². The summed E-state index contributed by atoms with van der Waals surface area (Å²) in [5.74, 6) is -2.20. The van der Waals surface area contributed by atoms with Gasteiger partial charge >= 0.3 is 18.2 Å². The lowest BCUT2D eigenvalue weighted by atomic mass is 9.97. The highest BCUT2D eigenvalue weighted by Gasteiger charge is 2.36. The topological polar surface area (TPSA) is 115 Å². The lowest BCUT2D eigenvalue weighted by molar-refractivity contribution is 0.0425. The second-order valence-corrected chi connectivity index (χ2v) is 10.9. The van der Waals surface area contributed by atoms with Crippen LogP contribution in [-0.2, 0) is 9.47 Å². The number of halogens is 2. The largest absolute Gasteiger partial charge is 0.482 e. The minimum atomic E-state index is -1.26. The quantitative estimate of drug-likeness (QED) is 0.418. The first-order valence-electron chi connectivity index (χ1n) is 11.0. The van der Waals surface area contributed by atoms with Gasteiger partial charge in [-0.3, -0.25) is 0 Å². The van der Waals surface area contributed by atoms with E-state index >= 15 is 0 Å². The van der Waals surface area contributed by atoms with Crippen LogP contribution in [0.3, 0.4) is 0 Å². The molecule has 0 unspecified atom stereocenters. The maximum Gasteiger partial charge on any atom is 0.425 e. The molecule has 0 aliphatic heterocycles. The highest BCUT2D eigenvalue weighted by Crippen LogP contribution is 2.36. The van der Waals surface area contributed by atoms with Gasteiger partial charge in [-0.25, -0.2) is 23.8 Å². The second kappa shape index (κ2) is 10.8. The van der Waals surface area contributed by atoms with Crippen molar-refractivity contribution in [2.45, 2.75) is 72.7 Å². The Morgan fingerprint density at radius 3 is 2.06 bits per heavy atom. The van der Waals surface area contributed by atoms with Gasteiger partial charge in [-0.15, -0.1) is 0 Å². The number of carboxylic acids is 1. The molecule has 0 bridgehead atoms. The Kier molecular flexibility index (Phi) is 8.72. The molecule has 0 aliphatic carbocycles. The van der Waals surface area contributed by atoms with Crippen LogP contribution in [0.1, 0.15) is 76.1 Å². The van der Waals surface area contributed by atoms with E-state index in [0.717, 1.165) is 12.1 Å². The third-order valence-electron chi connectivity index (χ3n) is 4.55. The molecule has 2 aromatic rings. The molecule has 1 aromatic carbocycles. The van der Waals surface area contributed by atoms with Crippen molar-refractivity contribution in [3.8, 4) is 5.75 Å². The Labute approximate surface area is 217 Å². The minimum absolute atomic E-state index is 0.0754. The Hall–Kier alpha value is -3.21. The lowest BCUT2D eigenvalue weighted by Crippen LogP contribution is -2.44. The Balaban J connectivity index is 2.63. The molecule has 1 atom stereocenters. The molecule has 0 radical (unpaired) electrons. The average Bonchev–Trinajstić information content (AvgIpc) is 2.68. The molecule has 0 aliphatic rings. The molecule has 11 heteroatoms. The molecule has 0 saturated heterocycles. The smallest absolute Gasteiger partial charge is 0.425 e. The molecular weight excluding hydrogens is 539 g/mol. The van der Waals surface area contributed by atoms with Crippen LogP contribution in [0.5, 0.6) is 5.75 Å². The lowest BCUT2D eigenvalue weighted by Gasteiger charge is -2.29. The summed E-state index contributed by atoms with van der Waals surface area (Å²) in [6.07, 6.45) is -1.79. The van der Waals surface area contributed by atoms with Crippen molar-refractivity contribution < 1.29 is 38.1 Å². The Morgan fingerprint density at radius 1 is 1.06 bits per heavy atom. The number of pyridine rings is 1. The van der Waals surface area contributed by atoms with Crippen molar-refractivity contribution in [3.05, 3.63) is 51.4 Å². The summed E-state index contributed by atoms with van der Waals surface area (Å²) < 4.78 is 31.6. The summed E-state index contributed by atoms with van der Waals surface area (Å²) in [6, 6.07) is 3.65. The van der Waals surface area contributed by atoms with E-state index in [1.54, 1.807) is 41.5 Å². The van der Waals surface area contributed by atoms with Crippen molar-refractivity contribution in [2.24, 2.45) is 0 Å². The molecule has 2 amide bonds. The van der Waals surface area contributed by atoms with Crippen molar-refractivity contribution in [2.75, 3.05) is 4.90 Å². The molecule has 0 fully saturated rings. The van der Waals surface area contributed by atoms with Gasteiger partial charge in [0.05, 0.1) is 5.56 Å². The number of carbonyl (C=O) groups is 3. The van der Waals surface area contributed by atoms with E-state index in [4.69, 9.17) is 14.2 Å². The normalized spacial score (nSPS) is 12.5. The van der Waals surface area contributed by atoms with Gasteiger partial charge in [0.2, 0.25) is 0 Å². The monoisotopic (exact) mass is 568 g/mol. The maximum absolute atomic E-state index is 14.3. The summed E-state index contributed by atoms with van der Waals surface area (Å²) in [5, 5.41) is 9.62. The molecule has 1 aromatic heterocycles. The van der Waals surface area contributed by atoms with E-state index < -0.39 is 41.3 Å². The van der Waals surface area contributed by atoms with E-state index in [1.807, 2.05) is 0 Å². The Morgan fingerprint density at radius 2 is 1.58 bits per heavy atom. The summed E-state index contributed by atoms with van der Waals surface area (Å²) in [5.41, 5.74) is -1.87. The fourth-order valence-electron chi connectivity index (χ4n) is 3.19. The molecule has 9 nitrogen and oxygen atoms in total. The van der Waals surface area contributed by atoms with Gasteiger partial charge in [-0.1, -0.05) is 0 Å². The number of hydrogen-bond acceptors (Lipinski definition) is 7. The average molecular weight is 569 g/mol. The van der Waals surface area contributed by atoms with E-state index in [2.05, 4.69) is 20.9 Å². The van der Waals surface area contributed by atoms with E-state index in [0.29, 0.717) is 9.37 Å². The Bertz CT molecular complexity index is 1140. The van der Waals surface area contributed by atoms with Gasteiger partial charge in [0.1, 0.15) is 23.1 Å². The SMILES string of the molecule is Cc1c(F)ccc(C(=O)O)c1[C@@H](C)Oc1cc(Br)cnc1N(C(=O)OC(C)(C)C)C(=O)OC(C)(C)C. The number of benzene rings is 1. The van der Waals surface area contributed by atoms with Crippen molar-refractivity contribution in [3.63, 3.8) is 0 Å². The zero-order chi connectivity index (χ0) is 27.6. The van der Waals surface area contributed by atoms with Crippen LogP contribution in [0.25, 0.3) is 0 Å². The number of aromatic nitrogens is 1. The summed E-state index contributed by atoms with van der Waals surface area (Å²) in [6.45, 7) is 12.7. The molecule has 36 heavy (non-hydrogen) atoms. The van der Waals surface area contributed by atoms with E-state index in [9.17, 15) is 23.9 Å². The van der Waals surface area contributed by atoms with Gasteiger partial charge in [0.25, 0.3) is 0 Å². The first-order valence-corrected chi connectivity index (χ1v) is 11.8. The van der Waals surface area contributed by atoms with Crippen molar-refractivity contribution in [1.29, 1.82) is 0 Å². The number of nitrogens with zero attached hydrogens (tertiary/aromatic N) is 2. The highest BCUT2D eigenvalue weighted by atomic mass is 79.9. The number of hydrogen-bond donors (Lipinski definition) is 1. The van der Waals surface area contributed by atoms with E-state index in [1.165, 1.54) is 26.1 Å². The number of aromatic carboxylic acids is 1. The molecule has 0 spiro atoms. The number of amides is 2. The maximum atomic E-state index is 14.3. The summed E-state index contributed by atoms with van der Waals surface area (Å²) in [4.78, 5) is 42.8. The van der Waals surface area contributed by atoms with Crippen LogP contribution in [0, 0.1) is 12.7 Å². The second-order valence-electron chi connectivity index (χ2n) is 9.97. The molecule has 2 rings (SSSR count). The number of carbonyl (C=O) groups excluding carboxylic acids is 2. The van der Waals surface area contributed by atoms with Crippen molar-refractivity contribution >= 4 is 39.9 Å². The predicted molar refractivity (Wildman–Crippen MR) is 134 cm³/mol. The standard InChI is InChI=1S/C25H30BrFN2O7/c1-13-17(27)10-9-16(21(30)31)19(13)14(2)34-18-11-15(26)12-28-20(18)29(22(32)35-24(3,4)5)23(33)36-25(6,7)8/h9-12,14H,1-8H3,(H,30,31)/t14-/m1/s1. The van der Waals surface area contributed by atoms with Crippen LogP contribution >= 0.6 is 15.9 Å². The van der Waals surface area contributed by atoms with Gasteiger partial charge in [-0.05, 0) is 95.1 Å². The summed E-state index contributed by atoms with van der Waals surface area (Å²) >= 11 is 3.28. The molecule has 1 heterocycles. The number of anilines is 1. The minimum Gasteiger partial charge on any atom is -0.482 e. The first-order chi connectivity index (χ1) is 16.4. The van der Waals surface area contributed by atoms with E-state index in [-0.39, 0.29) is 28.3 Å². The molecule has 1 N–H and O–H groups in total. The zero-order valence-corrected chi connectivity index (χ0v) is 23.0. The highest BCUT2D eigenvalue weighted by molar-refractivity contribution is 9.10. The van der Waals surface area contributed by atoms with Crippen molar-refractivity contribution in [1.82, 2.24) is 4.98 Å². The molecular formula is C25H30BrFN2O7. The number of carboxylic acid groups (broad SMARTS) is 1. The van der Waals surface area contributed by atoms with Crippen LogP contribution in [-0.4, -0.2) is 39.4 Å². The first kappa shape index (κ1) is 29.0. The summed E-state index contributed by atoms with van der Waals surface area (Å²) in [7, 11) is 0. The third kappa shape index (κ3) is 7.39. The van der Waals surface area contributed by atoms with Crippen LogP contribution in [0.2, 0.25) is 0 Å². The van der Waals surface area contributed by atoms with Gasteiger partial charge in [0.15, 0.2) is 11.6 Å². The predicted octanol–water partition coefficient (Wildman–Crippen LogP) is 6.81. The number of rotatable bonds is 5. The van der Waals surface area contributed by atoms with Crippen LogP contribution < -0.4 is 9.64 Å². The fourth-order valence-corrected chi connectivity index (χ4v) is 3.50. The fraction of sp³-hybridized carbons (Fsp3) is 0.440. The molecule has 0 saturated carbocycles. The number of imide groups is 1. The van der Waals surface area contributed by atoms with Crippen LogP contribution in [0.4, 0.5) is 19.8 Å². The third-order valence-corrected chi connectivity index (χ3v) is 4.99. The van der Waals surface area contributed by atoms with Gasteiger partial charge < -0.3 is 19.3 Å². The van der Waals surface area contributed by atoms with Gasteiger partial charge in [-0.2, -0.15) is 4.90 Å². The number of ether oxygens (including phenoxy) is 3. The van der Waals surface area contributed by atoms with Crippen LogP contribution in [0.15, 0.2) is 28.9 Å². The molecule has 196 valence electrons.